The van der Waals surface area contributed by atoms with Crippen LogP contribution in [0.5, 0.6) is 23.0 Å². The molecule has 154 valence electrons. The minimum Gasteiger partial charge on any atom is -0.497 e. The Morgan fingerprint density at radius 2 is 1.50 bits per heavy atom. The van der Waals surface area contributed by atoms with E-state index in [1.54, 1.807) is 21.3 Å². The molecule has 0 bridgehead atoms. The van der Waals surface area contributed by atoms with Gasteiger partial charge in [0.05, 0.1) is 27.9 Å². The highest BCUT2D eigenvalue weighted by Gasteiger charge is 2.12. The molecule has 0 fully saturated rings. The third kappa shape index (κ3) is 6.36. The molecule has 0 N–H and O–H groups in total. The van der Waals surface area contributed by atoms with Crippen molar-refractivity contribution in [3.8, 4) is 23.0 Å². The molecule has 1 unspecified atom stereocenters. The van der Waals surface area contributed by atoms with Crippen LogP contribution in [0.3, 0.4) is 0 Å². The van der Waals surface area contributed by atoms with Gasteiger partial charge in [-0.1, -0.05) is 32.9 Å². The van der Waals surface area contributed by atoms with Crippen LogP contribution in [0.1, 0.15) is 38.3 Å². The van der Waals surface area contributed by atoms with Gasteiger partial charge < -0.3 is 18.9 Å². The first-order valence-corrected chi connectivity index (χ1v) is 9.97. The summed E-state index contributed by atoms with van der Waals surface area (Å²) in [5.41, 5.74) is 2.47. The molecule has 0 spiro atoms. The number of ether oxygens (including phenoxy) is 4. The van der Waals surface area contributed by atoms with Crippen molar-refractivity contribution in [2.45, 2.75) is 40.0 Å². The van der Waals surface area contributed by atoms with E-state index < -0.39 is 0 Å². The second kappa shape index (κ2) is 10.8. The molecule has 2 aromatic rings. The van der Waals surface area contributed by atoms with Crippen LogP contribution in [0.15, 0.2) is 36.4 Å². The summed E-state index contributed by atoms with van der Waals surface area (Å²) >= 11 is 0. The van der Waals surface area contributed by atoms with Crippen LogP contribution in [0.2, 0.25) is 0 Å². The molecule has 1 atom stereocenters. The number of benzene rings is 2. The van der Waals surface area contributed by atoms with Gasteiger partial charge in [-0.2, -0.15) is 0 Å². The Kier molecular flexibility index (Phi) is 8.49. The van der Waals surface area contributed by atoms with Gasteiger partial charge in [0.2, 0.25) is 0 Å². The molecular weight excluding hydrogens is 352 g/mol. The van der Waals surface area contributed by atoms with Gasteiger partial charge in [-0.15, -0.1) is 0 Å². The Bertz CT molecular complexity index is 739. The van der Waals surface area contributed by atoms with Gasteiger partial charge in [0.25, 0.3) is 0 Å². The Hall–Kier alpha value is -2.36. The van der Waals surface area contributed by atoms with Crippen molar-refractivity contribution in [1.29, 1.82) is 0 Å². The van der Waals surface area contributed by atoms with Crippen molar-refractivity contribution >= 4 is 0 Å². The fourth-order valence-electron chi connectivity index (χ4n) is 3.30. The number of hydrogen-bond donors (Lipinski definition) is 0. The molecule has 4 heteroatoms. The lowest BCUT2D eigenvalue weighted by atomic mass is 9.97. The minimum atomic E-state index is 0.465. The summed E-state index contributed by atoms with van der Waals surface area (Å²) in [6, 6.07) is 12.2. The number of methoxy groups -OCH3 is 3. The highest BCUT2D eigenvalue weighted by molar-refractivity contribution is 5.43. The summed E-state index contributed by atoms with van der Waals surface area (Å²) < 4.78 is 22.3. The third-order valence-corrected chi connectivity index (χ3v) is 4.80. The molecule has 0 radical (unpaired) electrons. The minimum absolute atomic E-state index is 0.465. The summed E-state index contributed by atoms with van der Waals surface area (Å²) in [6.45, 7) is 7.33. The highest BCUT2D eigenvalue weighted by Crippen LogP contribution is 2.30. The largest absolute Gasteiger partial charge is 0.497 e. The van der Waals surface area contributed by atoms with Crippen molar-refractivity contribution < 1.29 is 18.9 Å². The molecule has 0 saturated heterocycles. The average Bonchev–Trinajstić information content (AvgIpc) is 2.68. The summed E-state index contributed by atoms with van der Waals surface area (Å²) in [5.74, 6) is 4.37. The molecule has 0 aliphatic heterocycles. The fraction of sp³-hybridized carbons (Fsp3) is 0.500. The molecule has 0 aliphatic rings. The van der Waals surface area contributed by atoms with Crippen LogP contribution in [0.25, 0.3) is 0 Å². The van der Waals surface area contributed by atoms with Crippen LogP contribution in [-0.4, -0.2) is 27.9 Å². The maximum Gasteiger partial charge on any atom is 0.161 e. The van der Waals surface area contributed by atoms with Crippen molar-refractivity contribution in [2.24, 2.45) is 11.8 Å². The van der Waals surface area contributed by atoms with Crippen LogP contribution < -0.4 is 18.9 Å². The summed E-state index contributed by atoms with van der Waals surface area (Å²) in [6.07, 6.45) is 2.92. The van der Waals surface area contributed by atoms with Gasteiger partial charge in [-0.3, -0.25) is 0 Å². The van der Waals surface area contributed by atoms with Crippen molar-refractivity contribution in [3.05, 3.63) is 47.5 Å². The molecule has 2 rings (SSSR count). The smallest absolute Gasteiger partial charge is 0.161 e. The fourth-order valence-corrected chi connectivity index (χ4v) is 3.30. The van der Waals surface area contributed by atoms with E-state index in [0.29, 0.717) is 18.4 Å². The Morgan fingerprint density at radius 3 is 2.14 bits per heavy atom. The zero-order valence-corrected chi connectivity index (χ0v) is 18.1. The topological polar surface area (TPSA) is 36.9 Å². The van der Waals surface area contributed by atoms with Gasteiger partial charge >= 0.3 is 0 Å². The van der Waals surface area contributed by atoms with E-state index in [2.05, 4.69) is 39.0 Å². The lowest BCUT2D eigenvalue weighted by Gasteiger charge is -2.17. The SMILES string of the molecule is COc1ccc(CC(C)CCOc2cc(CC(C)C)ccc2OC)c(OC)c1. The van der Waals surface area contributed by atoms with E-state index in [1.807, 2.05) is 18.2 Å². The normalized spacial score (nSPS) is 12.0. The van der Waals surface area contributed by atoms with Crippen LogP contribution in [0, 0.1) is 11.8 Å². The van der Waals surface area contributed by atoms with Gasteiger partial charge in [-0.05, 0) is 60.4 Å². The quantitative estimate of drug-likeness (QED) is 0.507. The summed E-state index contributed by atoms with van der Waals surface area (Å²) in [4.78, 5) is 0. The predicted octanol–water partition coefficient (Wildman–Crippen LogP) is 5.56. The lowest BCUT2D eigenvalue weighted by molar-refractivity contribution is 0.267. The average molecular weight is 387 g/mol. The van der Waals surface area contributed by atoms with E-state index in [0.717, 1.165) is 42.3 Å². The third-order valence-electron chi connectivity index (χ3n) is 4.80. The zero-order valence-electron chi connectivity index (χ0n) is 18.1. The van der Waals surface area contributed by atoms with Crippen molar-refractivity contribution in [1.82, 2.24) is 0 Å². The van der Waals surface area contributed by atoms with Crippen LogP contribution >= 0.6 is 0 Å². The standard InChI is InChI=1S/C24H34O4/c1-17(2)13-19-7-10-22(26-5)24(15-19)28-12-11-18(3)14-20-8-9-21(25-4)16-23(20)27-6/h7-10,15-18H,11-14H2,1-6H3. The lowest BCUT2D eigenvalue weighted by Crippen LogP contribution is -2.08. The summed E-state index contributed by atoms with van der Waals surface area (Å²) in [7, 11) is 5.05. The number of hydrogen-bond acceptors (Lipinski definition) is 4. The molecule has 0 heterocycles. The van der Waals surface area contributed by atoms with Crippen LogP contribution in [0.4, 0.5) is 0 Å². The van der Waals surface area contributed by atoms with E-state index >= 15 is 0 Å². The molecule has 4 nitrogen and oxygen atoms in total. The first kappa shape index (κ1) is 21.9. The van der Waals surface area contributed by atoms with E-state index in [1.165, 1.54) is 11.1 Å². The van der Waals surface area contributed by atoms with Crippen molar-refractivity contribution in [2.75, 3.05) is 27.9 Å². The Morgan fingerprint density at radius 1 is 0.750 bits per heavy atom. The summed E-state index contributed by atoms with van der Waals surface area (Å²) in [5, 5.41) is 0. The van der Waals surface area contributed by atoms with E-state index in [-0.39, 0.29) is 0 Å². The second-order valence-electron chi connectivity index (χ2n) is 7.71. The molecule has 0 amide bonds. The van der Waals surface area contributed by atoms with Gasteiger partial charge in [0, 0.05) is 6.07 Å². The molecular formula is C24H34O4. The zero-order chi connectivity index (χ0) is 20.5. The number of rotatable bonds is 11. The predicted molar refractivity (Wildman–Crippen MR) is 114 cm³/mol. The second-order valence-corrected chi connectivity index (χ2v) is 7.71. The maximum absolute atomic E-state index is 6.08. The molecule has 28 heavy (non-hydrogen) atoms. The first-order chi connectivity index (χ1) is 13.5. The molecule has 2 aromatic carbocycles. The molecule has 0 aromatic heterocycles. The molecule has 0 aliphatic carbocycles. The first-order valence-electron chi connectivity index (χ1n) is 9.97. The van der Waals surface area contributed by atoms with Crippen molar-refractivity contribution in [3.63, 3.8) is 0 Å². The van der Waals surface area contributed by atoms with Crippen LogP contribution in [-0.2, 0) is 12.8 Å². The van der Waals surface area contributed by atoms with Gasteiger partial charge in [0.15, 0.2) is 11.5 Å². The highest BCUT2D eigenvalue weighted by atomic mass is 16.5. The maximum atomic E-state index is 6.08. The monoisotopic (exact) mass is 386 g/mol. The Labute approximate surface area is 169 Å². The Balaban J connectivity index is 1.94. The van der Waals surface area contributed by atoms with E-state index in [9.17, 15) is 0 Å². The van der Waals surface area contributed by atoms with Gasteiger partial charge in [0.1, 0.15) is 11.5 Å². The van der Waals surface area contributed by atoms with Gasteiger partial charge in [-0.25, -0.2) is 0 Å². The molecule has 0 saturated carbocycles. The van der Waals surface area contributed by atoms with E-state index in [4.69, 9.17) is 18.9 Å².